The van der Waals surface area contributed by atoms with Gasteiger partial charge in [0.05, 0.1) is 0 Å². The normalized spacial score (nSPS) is 23.4. The van der Waals surface area contributed by atoms with E-state index in [0.29, 0.717) is 10.8 Å². The van der Waals surface area contributed by atoms with Crippen LogP contribution in [0.5, 0.6) is 0 Å². The van der Waals surface area contributed by atoms with E-state index in [9.17, 15) is 0 Å². The van der Waals surface area contributed by atoms with E-state index in [1.165, 1.54) is 12.8 Å². The highest BCUT2D eigenvalue weighted by atomic mass is 14.6. The second-order valence-corrected chi connectivity index (χ2v) is 4.94. The molecular formula is C10H20. The molecule has 0 spiro atoms. The van der Waals surface area contributed by atoms with Gasteiger partial charge in [0.25, 0.3) is 0 Å². The van der Waals surface area contributed by atoms with Crippen LogP contribution in [0, 0.1) is 16.7 Å². The molecule has 0 radical (unpaired) electrons. The number of hydrogen-bond donors (Lipinski definition) is 0. The van der Waals surface area contributed by atoms with Crippen LogP contribution in [0.4, 0.5) is 0 Å². The minimum atomic E-state index is 0.549. The molecule has 0 heteroatoms. The second-order valence-electron chi connectivity index (χ2n) is 4.94. The van der Waals surface area contributed by atoms with E-state index in [1.807, 2.05) is 0 Å². The molecule has 0 heterocycles. The highest BCUT2D eigenvalue weighted by Gasteiger charge is 2.51. The molecule has 0 unspecified atom stereocenters. The standard InChI is InChI=1S/C10H20/c1-8(2)9(3,4)10(5)6-7-10/h8H,6-7H2,1-5H3. The molecule has 1 rings (SSSR count). The van der Waals surface area contributed by atoms with Gasteiger partial charge in [-0.05, 0) is 29.6 Å². The average Bonchev–Trinajstić information content (AvgIpc) is 2.48. The van der Waals surface area contributed by atoms with E-state index < -0.39 is 0 Å². The Bertz CT molecular complexity index is 127. The molecule has 1 saturated carbocycles. The molecular weight excluding hydrogens is 120 g/mol. The lowest BCUT2D eigenvalue weighted by molar-refractivity contribution is 0.131. The predicted molar refractivity (Wildman–Crippen MR) is 46.0 cm³/mol. The van der Waals surface area contributed by atoms with Crippen molar-refractivity contribution >= 4 is 0 Å². The van der Waals surface area contributed by atoms with Crippen molar-refractivity contribution in [2.75, 3.05) is 0 Å². The van der Waals surface area contributed by atoms with Crippen molar-refractivity contribution in [3.8, 4) is 0 Å². The van der Waals surface area contributed by atoms with Crippen LogP contribution in [-0.2, 0) is 0 Å². The Labute approximate surface area is 65.0 Å². The van der Waals surface area contributed by atoms with Crippen LogP contribution in [0.25, 0.3) is 0 Å². The summed E-state index contributed by atoms with van der Waals surface area (Å²) in [5.41, 5.74) is 1.22. The first-order valence-electron chi connectivity index (χ1n) is 4.40. The Morgan fingerprint density at radius 3 is 1.70 bits per heavy atom. The molecule has 0 saturated heterocycles. The van der Waals surface area contributed by atoms with Crippen LogP contribution >= 0.6 is 0 Å². The summed E-state index contributed by atoms with van der Waals surface area (Å²) in [6, 6.07) is 0. The van der Waals surface area contributed by atoms with Crippen molar-refractivity contribution in [2.24, 2.45) is 16.7 Å². The predicted octanol–water partition coefficient (Wildman–Crippen LogP) is 3.47. The molecule has 0 N–H and O–H groups in total. The topological polar surface area (TPSA) is 0 Å². The van der Waals surface area contributed by atoms with Crippen LogP contribution < -0.4 is 0 Å². The first-order valence-corrected chi connectivity index (χ1v) is 4.40. The van der Waals surface area contributed by atoms with E-state index in [0.717, 1.165) is 5.92 Å². The molecule has 0 aliphatic heterocycles. The minimum Gasteiger partial charge on any atom is -0.0622 e. The summed E-state index contributed by atoms with van der Waals surface area (Å²) < 4.78 is 0. The Hall–Kier alpha value is 0. The monoisotopic (exact) mass is 140 g/mol. The maximum Gasteiger partial charge on any atom is -0.0272 e. The van der Waals surface area contributed by atoms with Gasteiger partial charge >= 0.3 is 0 Å². The summed E-state index contributed by atoms with van der Waals surface area (Å²) in [6.07, 6.45) is 2.89. The summed E-state index contributed by atoms with van der Waals surface area (Å²) in [5.74, 6) is 0.819. The fraction of sp³-hybridized carbons (Fsp3) is 1.00. The van der Waals surface area contributed by atoms with Crippen LogP contribution in [0.2, 0.25) is 0 Å². The summed E-state index contributed by atoms with van der Waals surface area (Å²) in [4.78, 5) is 0. The zero-order chi connectivity index (χ0) is 7.99. The van der Waals surface area contributed by atoms with Crippen molar-refractivity contribution < 1.29 is 0 Å². The van der Waals surface area contributed by atoms with Gasteiger partial charge in [0.1, 0.15) is 0 Å². The second kappa shape index (κ2) is 1.99. The number of hydrogen-bond acceptors (Lipinski definition) is 0. The van der Waals surface area contributed by atoms with Gasteiger partial charge < -0.3 is 0 Å². The van der Waals surface area contributed by atoms with Crippen molar-refractivity contribution in [3.63, 3.8) is 0 Å². The van der Waals surface area contributed by atoms with Gasteiger partial charge in [-0.3, -0.25) is 0 Å². The van der Waals surface area contributed by atoms with E-state index in [2.05, 4.69) is 34.6 Å². The SMILES string of the molecule is CC(C)C(C)(C)C1(C)CC1. The summed E-state index contributed by atoms with van der Waals surface area (Å²) >= 11 is 0. The largest absolute Gasteiger partial charge is 0.0622 e. The van der Waals surface area contributed by atoms with Crippen molar-refractivity contribution in [3.05, 3.63) is 0 Å². The Balaban J connectivity index is 2.67. The minimum absolute atomic E-state index is 0.549. The third-order valence-electron chi connectivity index (χ3n) is 4.00. The Kier molecular flexibility index (Phi) is 1.61. The molecule has 0 nitrogen and oxygen atoms in total. The van der Waals surface area contributed by atoms with Gasteiger partial charge in [-0.15, -0.1) is 0 Å². The fourth-order valence-corrected chi connectivity index (χ4v) is 1.53. The highest BCUT2D eigenvalue weighted by Crippen LogP contribution is 2.60. The molecule has 1 aliphatic rings. The molecule has 0 atom stereocenters. The van der Waals surface area contributed by atoms with E-state index in [-0.39, 0.29) is 0 Å². The summed E-state index contributed by atoms with van der Waals surface area (Å²) in [7, 11) is 0. The van der Waals surface area contributed by atoms with Gasteiger partial charge in [-0.2, -0.15) is 0 Å². The lowest BCUT2D eigenvalue weighted by atomic mass is 9.69. The fourth-order valence-electron chi connectivity index (χ4n) is 1.53. The molecule has 1 aliphatic carbocycles. The first-order chi connectivity index (χ1) is 4.40. The highest BCUT2D eigenvalue weighted by molar-refractivity contribution is 5.01. The van der Waals surface area contributed by atoms with E-state index in [1.54, 1.807) is 0 Å². The molecule has 0 bridgehead atoms. The van der Waals surface area contributed by atoms with Gasteiger partial charge in [0.2, 0.25) is 0 Å². The summed E-state index contributed by atoms with van der Waals surface area (Å²) in [6.45, 7) is 11.9. The zero-order valence-corrected chi connectivity index (χ0v) is 7.99. The summed E-state index contributed by atoms with van der Waals surface area (Å²) in [5, 5.41) is 0. The molecule has 10 heavy (non-hydrogen) atoms. The Morgan fingerprint density at radius 2 is 1.60 bits per heavy atom. The van der Waals surface area contributed by atoms with Crippen LogP contribution in [0.1, 0.15) is 47.5 Å². The average molecular weight is 140 g/mol. The molecule has 0 amide bonds. The van der Waals surface area contributed by atoms with Crippen LogP contribution in [0.3, 0.4) is 0 Å². The van der Waals surface area contributed by atoms with Crippen molar-refractivity contribution in [1.29, 1.82) is 0 Å². The van der Waals surface area contributed by atoms with E-state index in [4.69, 9.17) is 0 Å². The maximum absolute atomic E-state index is 2.42. The van der Waals surface area contributed by atoms with Crippen LogP contribution in [-0.4, -0.2) is 0 Å². The Morgan fingerprint density at radius 1 is 1.20 bits per heavy atom. The van der Waals surface area contributed by atoms with Gasteiger partial charge in [0, 0.05) is 0 Å². The van der Waals surface area contributed by atoms with Crippen molar-refractivity contribution in [2.45, 2.75) is 47.5 Å². The molecule has 0 aromatic heterocycles. The third kappa shape index (κ3) is 0.980. The van der Waals surface area contributed by atoms with Crippen LogP contribution in [0.15, 0.2) is 0 Å². The quantitative estimate of drug-likeness (QED) is 0.551. The smallest absolute Gasteiger partial charge is 0.0272 e. The lowest BCUT2D eigenvalue weighted by Crippen LogP contribution is -2.28. The molecule has 1 fully saturated rings. The van der Waals surface area contributed by atoms with E-state index >= 15 is 0 Å². The number of rotatable bonds is 2. The zero-order valence-electron chi connectivity index (χ0n) is 7.99. The molecule has 0 aromatic carbocycles. The molecule has 60 valence electrons. The van der Waals surface area contributed by atoms with Gasteiger partial charge in [0.15, 0.2) is 0 Å². The van der Waals surface area contributed by atoms with Gasteiger partial charge in [-0.25, -0.2) is 0 Å². The first kappa shape index (κ1) is 8.10. The lowest BCUT2D eigenvalue weighted by Gasteiger charge is -2.36. The maximum atomic E-state index is 2.42. The van der Waals surface area contributed by atoms with Gasteiger partial charge in [-0.1, -0.05) is 34.6 Å². The third-order valence-corrected chi connectivity index (χ3v) is 4.00. The molecule has 0 aromatic rings. The van der Waals surface area contributed by atoms with Crippen molar-refractivity contribution in [1.82, 2.24) is 0 Å².